The summed E-state index contributed by atoms with van der Waals surface area (Å²) in [6.07, 6.45) is 8.61. The van der Waals surface area contributed by atoms with E-state index in [0.29, 0.717) is 38.2 Å². The Balaban J connectivity index is 0.00000160. The Kier molecular flexibility index (Phi) is 17.0. The molecule has 50 heavy (non-hydrogen) atoms. The van der Waals surface area contributed by atoms with Gasteiger partial charge in [-0.25, -0.2) is 9.78 Å². The highest BCUT2D eigenvalue weighted by atomic mass is 32.2. The molecule has 0 unspecified atom stereocenters. The molecule has 0 fully saturated rings. The average Bonchev–Trinajstić information content (AvgIpc) is 3.57. The summed E-state index contributed by atoms with van der Waals surface area (Å²) in [4.78, 5) is 46.7. The van der Waals surface area contributed by atoms with E-state index in [1.165, 1.54) is 24.9 Å². The van der Waals surface area contributed by atoms with Gasteiger partial charge in [0, 0.05) is 45.1 Å². The van der Waals surface area contributed by atoms with E-state index in [-0.39, 0.29) is 24.8 Å². The van der Waals surface area contributed by atoms with Crippen molar-refractivity contribution in [2.75, 3.05) is 45.8 Å². The lowest BCUT2D eigenvalue weighted by atomic mass is 10.0. The van der Waals surface area contributed by atoms with Gasteiger partial charge in [0.1, 0.15) is 6.04 Å². The Hall–Kier alpha value is -4.66. The van der Waals surface area contributed by atoms with Crippen molar-refractivity contribution in [2.24, 2.45) is 0 Å². The highest BCUT2D eigenvalue weighted by molar-refractivity contribution is 7.98. The van der Waals surface area contributed by atoms with Crippen molar-refractivity contribution < 1.29 is 19.1 Å². The van der Waals surface area contributed by atoms with Gasteiger partial charge >= 0.3 is 5.97 Å². The zero-order chi connectivity index (χ0) is 36.3. The first kappa shape index (κ1) is 39.8. The molecule has 1 N–H and O–H groups in total. The minimum atomic E-state index is -0.668. The van der Waals surface area contributed by atoms with Crippen LogP contribution in [0.4, 0.5) is 0 Å². The van der Waals surface area contributed by atoms with Gasteiger partial charge in [0.15, 0.2) is 0 Å². The Morgan fingerprint density at radius 2 is 1.76 bits per heavy atom. The number of nitriles is 1. The molecular weight excluding hydrogens is 649 g/mol. The van der Waals surface area contributed by atoms with Crippen molar-refractivity contribution >= 4 is 40.3 Å². The number of carbonyl (C=O) groups excluding carboxylic acids is 3. The smallest absolute Gasteiger partial charge is 0.328 e. The Labute approximate surface area is 300 Å². The van der Waals surface area contributed by atoms with Crippen LogP contribution < -0.4 is 5.32 Å². The molecule has 2 amide bonds. The van der Waals surface area contributed by atoms with Crippen LogP contribution in [0.5, 0.6) is 0 Å². The van der Waals surface area contributed by atoms with Gasteiger partial charge < -0.3 is 19.5 Å². The van der Waals surface area contributed by atoms with Crippen LogP contribution in [0.25, 0.3) is 10.8 Å². The van der Waals surface area contributed by atoms with Crippen molar-refractivity contribution in [3.05, 3.63) is 102 Å². The highest BCUT2D eigenvalue weighted by Crippen LogP contribution is 2.20. The molecule has 0 spiro atoms. The van der Waals surface area contributed by atoms with E-state index in [1.807, 2.05) is 52.1 Å². The second-order valence-corrected chi connectivity index (χ2v) is 13.0. The number of hydrogen-bond acceptors (Lipinski definition) is 8. The molecule has 0 bridgehead atoms. The van der Waals surface area contributed by atoms with Gasteiger partial charge in [-0.05, 0) is 52.5 Å². The van der Waals surface area contributed by atoms with Crippen molar-refractivity contribution in [3.8, 4) is 6.07 Å². The van der Waals surface area contributed by atoms with E-state index < -0.39 is 12.0 Å². The predicted molar refractivity (Wildman–Crippen MR) is 201 cm³/mol. The SMILES string of the molecule is CCCC.COC(=O)[C@H](CCSC)N(C)C(=O)CN(CCNC(=O)Cc1cncn1Cc1ccc(C#N)cc1)Cc1cccc2ccccc12. The number of nitrogens with one attached hydrogen (secondary N) is 1. The molecule has 0 aliphatic rings. The van der Waals surface area contributed by atoms with Gasteiger partial charge in [-0.2, -0.15) is 17.0 Å². The van der Waals surface area contributed by atoms with E-state index >= 15 is 0 Å². The Morgan fingerprint density at radius 3 is 2.44 bits per heavy atom. The number of amides is 2. The molecule has 1 heterocycles. The molecule has 0 saturated heterocycles. The molecule has 10 nitrogen and oxygen atoms in total. The van der Waals surface area contributed by atoms with Gasteiger partial charge in [-0.15, -0.1) is 0 Å². The Bertz CT molecular complexity index is 1690. The lowest BCUT2D eigenvalue weighted by Gasteiger charge is -2.29. The molecule has 0 radical (unpaired) electrons. The number of carbonyl (C=O) groups is 3. The summed E-state index contributed by atoms with van der Waals surface area (Å²) in [7, 11) is 2.98. The summed E-state index contributed by atoms with van der Waals surface area (Å²) < 4.78 is 6.91. The van der Waals surface area contributed by atoms with Crippen LogP contribution in [-0.4, -0.2) is 89.0 Å². The van der Waals surface area contributed by atoms with Crippen molar-refractivity contribution in [1.29, 1.82) is 5.26 Å². The summed E-state index contributed by atoms with van der Waals surface area (Å²) in [5.41, 5.74) is 3.43. The fourth-order valence-corrected chi connectivity index (χ4v) is 5.76. The quantitative estimate of drug-likeness (QED) is 0.140. The number of aromatic nitrogens is 2. The van der Waals surface area contributed by atoms with Crippen LogP contribution in [0.15, 0.2) is 79.3 Å². The van der Waals surface area contributed by atoms with Gasteiger partial charge in [0.2, 0.25) is 11.8 Å². The number of nitrogens with zero attached hydrogens (tertiary/aromatic N) is 5. The second kappa shape index (κ2) is 21.4. The molecule has 4 rings (SSSR count). The minimum Gasteiger partial charge on any atom is -0.467 e. The van der Waals surface area contributed by atoms with Gasteiger partial charge in [-0.1, -0.05) is 81.3 Å². The summed E-state index contributed by atoms with van der Waals surface area (Å²) in [6, 6.07) is 23.0. The van der Waals surface area contributed by atoms with E-state index in [2.05, 4.69) is 48.4 Å². The molecule has 0 saturated carbocycles. The van der Waals surface area contributed by atoms with Crippen LogP contribution in [0.1, 0.15) is 55.5 Å². The summed E-state index contributed by atoms with van der Waals surface area (Å²) in [5, 5.41) is 14.3. The van der Waals surface area contributed by atoms with Crippen molar-refractivity contribution in [1.82, 2.24) is 24.7 Å². The third-order valence-electron chi connectivity index (χ3n) is 8.39. The fraction of sp³-hybridized carbons (Fsp3) is 0.410. The number of esters is 1. The minimum absolute atomic E-state index is 0.0692. The lowest BCUT2D eigenvalue weighted by molar-refractivity contribution is -0.152. The average molecular weight is 699 g/mol. The number of rotatable bonds is 17. The third-order valence-corrected chi connectivity index (χ3v) is 9.03. The number of methoxy groups -OCH3 is 1. The van der Waals surface area contributed by atoms with E-state index in [4.69, 9.17) is 10.00 Å². The lowest BCUT2D eigenvalue weighted by Crippen LogP contribution is -2.48. The van der Waals surface area contributed by atoms with Gasteiger partial charge in [-0.3, -0.25) is 14.5 Å². The molecule has 11 heteroatoms. The van der Waals surface area contributed by atoms with Crippen molar-refractivity contribution in [2.45, 2.75) is 58.7 Å². The monoisotopic (exact) mass is 698 g/mol. The topological polar surface area (TPSA) is 121 Å². The fourth-order valence-electron chi connectivity index (χ4n) is 5.30. The number of benzene rings is 3. The van der Waals surface area contributed by atoms with Crippen molar-refractivity contribution in [3.63, 3.8) is 0 Å². The normalized spacial score (nSPS) is 11.3. The molecule has 0 aliphatic carbocycles. The van der Waals surface area contributed by atoms with Crippen LogP contribution in [0.2, 0.25) is 0 Å². The Morgan fingerprint density at radius 1 is 1.04 bits per heavy atom. The van der Waals surface area contributed by atoms with E-state index in [9.17, 15) is 14.4 Å². The zero-order valence-corrected chi connectivity index (χ0v) is 30.7. The van der Waals surface area contributed by atoms with E-state index in [0.717, 1.165) is 33.3 Å². The first-order valence-electron chi connectivity index (χ1n) is 17.0. The number of ether oxygens (including phenoxy) is 1. The van der Waals surface area contributed by atoms with Crippen LogP contribution in [0.3, 0.4) is 0 Å². The number of fused-ring (bicyclic) bond motifs is 1. The number of unbranched alkanes of at least 4 members (excludes halogenated alkanes) is 1. The van der Waals surface area contributed by atoms with E-state index in [1.54, 1.807) is 43.5 Å². The molecule has 1 aromatic heterocycles. The molecule has 266 valence electrons. The van der Waals surface area contributed by atoms with Gasteiger partial charge in [0.25, 0.3) is 0 Å². The van der Waals surface area contributed by atoms with Crippen LogP contribution >= 0.6 is 11.8 Å². The summed E-state index contributed by atoms with van der Waals surface area (Å²) in [6.45, 7) is 6.21. The number of hydrogen-bond donors (Lipinski definition) is 1. The van der Waals surface area contributed by atoms with Crippen LogP contribution in [-0.2, 0) is 38.6 Å². The molecular formula is C39H50N6O4S. The maximum absolute atomic E-state index is 13.5. The number of thioether (sulfide) groups is 1. The largest absolute Gasteiger partial charge is 0.467 e. The first-order chi connectivity index (χ1) is 24.2. The third kappa shape index (κ3) is 12.3. The number of likely N-dealkylation sites (N-methyl/N-ethyl adjacent to an activating group) is 1. The van der Waals surface area contributed by atoms with Crippen LogP contribution in [0, 0.1) is 11.3 Å². The molecule has 3 aromatic carbocycles. The predicted octanol–water partition coefficient (Wildman–Crippen LogP) is 5.68. The zero-order valence-electron chi connectivity index (χ0n) is 29.9. The maximum Gasteiger partial charge on any atom is 0.328 e. The highest BCUT2D eigenvalue weighted by Gasteiger charge is 2.28. The summed E-state index contributed by atoms with van der Waals surface area (Å²) >= 11 is 1.61. The number of imidazole rings is 1. The molecule has 0 aliphatic heterocycles. The summed E-state index contributed by atoms with van der Waals surface area (Å²) in [5.74, 6) is -0.0703. The second-order valence-electron chi connectivity index (χ2n) is 12.0. The molecule has 1 atom stereocenters. The standard InChI is InChI=1S/C35H40N6O4S.C4H10/c1-39(32(15-18-46-3)35(44)45-2)34(43)24-40(23-29-9-6-8-28-7-4-5-10-31(28)29)17-16-38-33(42)19-30-21-37-25-41(30)22-27-13-11-26(20-36)12-14-27;1-3-4-2/h4-14,21,25,32H,15-19,22-24H2,1-3H3,(H,38,42);3-4H2,1-2H3/t32-;/m0./s1. The maximum atomic E-state index is 13.5. The molecule has 4 aromatic rings. The first-order valence-corrected chi connectivity index (χ1v) is 18.4. The van der Waals surface area contributed by atoms with Gasteiger partial charge in [0.05, 0.1) is 38.0 Å².